The molecule has 7 heteroatoms. The van der Waals surface area contributed by atoms with Gasteiger partial charge in [0.1, 0.15) is 11.9 Å². The Labute approximate surface area is 156 Å². The molecule has 1 fully saturated rings. The van der Waals surface area contributed by atoms with Gasteiger partial charge < -0.3 is 16.0 Å². The van der Waals surface area contributed by atoms with Crippen molar-refractivity contribution >= 4 is 23.4 Å². The molecule has 1 aliphatic heterocycles. The Morgan fingerprint density at radius 1 is 1.22 bits per heavy atom. The van der Waals surface area contributed by atoms with Gasteiger partial charge in [0.25, 0.3) is 5.91 Å². The van der Waals surface area contributed by atoms with Crippen LogP contribution in [0.5, 0.6) is 0 Å². The van der Waals surface area contributed by atoms with Crippen LogP contribution in [0.1, 0.15) is 34.3 Å². The highest BCUT2D eigenvalue weighted by Crippen LogP contribution is 2.24. The molecule has 0 aliphatic carbocycles. The molecule has 2 aromatic carbocycles. The smallest absolute Gasteiger partial charge is 0.251 e. The summed E-state index contributed by atoms with van der Waals surface area (Å²) in [5.74, 6) is -2.14. The molecular weight excluding hydrogens is 349 g/mol. The van der Waals surface area contributed by atoms with Crippen molar-refractivity contribution in [3.63, 3.8) is 0 Å². The van der Waals surface area contributed by atoms with Gasteiger partial charge in [-0.2, -0.15) is 0 Å². The van der Waals surface area contributed by atoms with Crippen molar-refractivity contribution in [3.05, 3.63) is 65.0 Å². The molecule has 2 aromatic rings. The summed E-state index contributed by atoms with van der Waals surface area (Å²) >= 11 is 0. The second kappa shape index (κ2) is 7.57. The molecular formula is C20H20FN3O3. The second-order valence-corrected chi connectivity index (χ2v) is 6.61. The lowest BCUT2D eigenvalue weighted by atomic mass is 10.1. The number of benzene rings is 2. The Kier molecular flexibility index (Phi) is 5.21. The van der Waals surface area contributed by atoms with E-state index in [9.17, 15) is 18.8 Å². The molecule has 0 spiro atoms. The normalized spacial score (nSPS) is 16.4. The number of nitrogens with two attached hydrogens (primary N) is 1. The number of primary amides is 1. The number of nitrogens with zero attached hydrogens (tertiary/aromatic N) is 1. The molecule has 0 saturated carbocycles. The summed E-state index contributed by atoms with van der Waals surface area (Å²) in [5, 5.41) is 2.64. The summed E-state index contributed by atoms with van der Waals surface area (Å²) in [4.78, 5) is 37.7. The Balaban J connectivity index is 1.75. The van der Waals surface area contributed by atoms with Gasteiger partial charge in [-0.15, -0.1) is 0 Å². The molecule has 0 radical (unpaired) electrons. The van der Waals surface area contributed by atoms with E-state index >= 15 is 0 Å². The van der Waals surface area contributed by atoms with Crippen LogP contribution in [0.15, 0.2) is 42.5 Å². The first-order chi connectivity index (χ1) is 12.8. The van der Waals surface area contributed by atoms with E-state index in [1.807, 2.05) is 31.2 Å². The Morgan fingerprint density at radius 2 is 1.93 bits per heavy atom. The van der Waals surface area contributed by atoms with Crippen LogP contribution in [0.4, 0.5) is 10.1 Å². The maximum absolute atomic E-state index is 13.6. The zero-order valence-electron chi connectivity index (χ0n) is 14.9. The van der Waals surface area contributed by atoms with Crippen LogP contribution in [-0.4, -0.2) is 28.7 Å². The van der Waals surface area contributed by atoms with Gasteiger partial charge in [0.15, 0.2) is 0 Å². The average Bonchev–Trinajstić information content (AvgIpc) is 2.99. The fraction of sp³-hybridized carbons (Fsp3) is 0.250. The predicted molar refractivity (Wildman–Crippen MR) is 98.3 cm³/mol. The van der Waals surface area contributed by atoms with E-state index in [2.05, 4.69) is 5.32 Å². The first-order valence-electron chi connectivity index (χ1n) is 8.60. The van der Waals surface area contributed by atoms with Gasteiger partial charge in [0.2, 0.25) is 11.8 Å². The van der Waals surface area contributed by atoms with Gasteiger partial charge in [0, 0.05) is 18.7 Å². The molecule has 6 nitrogen and oxygen atoms in total. The van der Waals surface area contributed by atoms with E-state index < -0.39 is 17.8 Å². The number of halogens is 1. The van der Waals surface area contributed by atoms with Gasteiger partial charge >= 0.3 is 0 Å². The Morgan fingerprint density at radius 3 is 2.59 bits per heavy atom. The number of anilines is 1. The number of likely N-dealkylation sites (tertiary alicyclic amines) is 1. The molecule has 27 heavy (non-hydrogen) atoms. The lowest BCUT2D eigenvalue weighted by molar-refractivity contribution is -0.133. The first kappa shape index (κ1) is 18.6. The van der Waals surface area contributed by atoms with E-state index in [4.69, 9.17) is 5.73 Å². The van der Waals surface area contributed by atoms with E-state index in [0.717, 1.165) is 17.2 Å². The van der Waals surface area contributed by atoms with Crippen molar-refractivity contribution < 1.29 is 18.8 Å². The minimum Gasteiger partial charge on any atom is -0.366 e. The Bertz CT molecular complexity index is 896. The zero-order chi connectivity index (χ0) is 19.6. The molecule has 3 N–H and O–H groups in total. The molecule has 0 bridgehead atoms. The summed E-state index contributed by atoms with van der Waals surface area (Å²) in [6.07, 6.45) is 0.695. The number of hydrogen-bond donors (Lipinski definition) is 2. The topological polar surface area (TPSA) is 92.5 Å². The monoisotopic (exact) mass is 369 g/mol. The quantitative estimate of drug-likeness (QED) is 0.847. The number of rotatable bonds is 5. The minimum atomic E-state index is -0.916. The Hall–Kier alpha value is -3.22. The highest BCUT2D eigenvalue weighted by molar-refractivity contribution is 6.00. The fourth-order valence-electron chi connectivity index (χ4n) is 3.11. The average molecular weight is 369 g/mol. The van der Waals surface area contributed by atoms with Gasteiger partial charge in [0.05, 0.1) is 5.56 Å². The van der Waals surface area contributed by atoms with E-state index in [-0.39, 0.29) is 23.1 Å². The highest BCUT2D eigenvalue weighted by Gasteiger charge is 2.36. The van der Waals surface area contributed by atoms with Gasteiger partial charge in [-0.3, -0.25) is 14.4 Å². The van der Waals surface area contributed by atoms with Crippen molar-refractivity contribution in [2.75, 3.05) is 5.32 Å². The van der Waals surface area contributed by atoms with E-state index in [0.29, 0.717) is 19.4 Å². The summed E-state index contributed by atoms with van der Waals surface area (Å²) < 4.78 is 13.6. The maximum atomic E-state index is 13.6. The molecule has 3 rings (SSSR count). The van der Waals surface area contributed by atoms with Crippen LogP contribution < -0.4 is 11.1 Å². The van der Waals surface area contributed by atoms with Crippen molar-refractivity contribution in [1.82, 2.24) is 4.90 Å². The molecule has 3 amide bonds. The molecule has 1 atom stereocenters. The molecule has 0 aromatic heterocycles. The number of nitrogens with one attached hydrogen (secondary N) is 1. The third-order valence-corrected chi connectivity index (χ3v) is 4.60. The van der Waals surface area contributed by atoms with Crippen LogP contribution in [0.25, 0.3) is 0 Å². The number of carbonyl (C=O) groups is 3. The molecule has 140 valence electrons. The van der Waals surface area contributed by atoms with Gasteiger partial charge in [-0.25, -0.2) is 4.39 Å². The summed E-state index contributed by atoms with van der Waals surface area (Å²) in [7, 11) is 0. The summed E-state index contributed by atoms with van der Waals surface area (Å²) in [6, 6.07) is 10.7. The van der Waals surface area contributed by atoms with Crippen LogP contribution in [0.3, 0.4) is 0 Å². The number of hydrogen-bond acceptors (Lipinski definition) is 3. The molecule has 1 aliphatic rings. The van der Waals surface area contributed by atoms with Crippen LogP contribution in [0, 0.1) is 12.7 Å². The van der Waals surface area contributed by atoms with Crippen LogP contribution in [0.2, 0.25) is 0 Å². The van der Waals surface area contributed by atoms with Crippen LogP contribution in [-0.2, 0) is 16.1 Å². The van der Waals surface area contributed by atoms with E-state index in [1.165, 1.54) is 12.1 Å². The van der Waals surface area contributed by atoms with Crippen molar-refractivity contribution in [1.29, 1.82) is 0 Å². The van der Waals surface area contributed by atoms with Crippen molar-refractivity contribution in [2.24, 2.45) is 5.73 Å². The third-order valence-electron chi connectivity index (χ3n) is 4.60. The fourth-order valence-corrected chi connectivity index (χ4v) is 3.11. The predicted octanol–water partition coefficient (Wildman–Crippen LogP) is 2.36. The largest absolute Gasteiger partial charge is 0.366 e. The lowest BCUT2D eigenvalue weighted by Gasteiger charge is -2.24. The number of carbonyl (C=O) groups excluding carboxylic acids is 3. The summed E-state index contributed by atoms with van der Waals surface area (Å²) in [6.45, 7) is 2.32. The second-order valence-electron chi connectivity index (χ2n) is 6.61. The molecule has 1 saturated heterocycles. The SMILES string of the molecule is Cc1ccc(CN2C(=O)CCC2C(=O)Nc2ccc(F)c(C(N)=O)c2)cc1. The van der Waals surface area contributed by atoms with Gasteiger partial charge in [-0.05, 0) is 37.1 Å². The molecule has 1 unspecified atom stereocenters. The standard InChI is InChI=1S/C20H20FN3O3/c1-12-2-4-13(5-3-12)11-24-17(8-9-18(24)25)20(27)23-14-6-7-16(21)15(10-14)19(22)26/h2-7,10,17H,8-9,11H2,1H3,(H2,22,26)(H,23,27). The number of amides is 3. The maximum Gasteiger partial charge on any atom is 0.251 e. The third kappa shape index (κ3) is 4.13. The summed E-state index contributed by atoms with van der Waals surface area (Å²) in [5.41, 5.74) is 7.13. The van der Waals surface area contributed by atoms with Crippen molar-refractivity contribution in [2.45, 2.75) is 32.4 Å². The number of aryl methyl sites for hydroxylation is 1. The minimum absolute atomic E-state index is 0.0901. The lowest BCUT2D eigenvalue weighted by Crippen LogP contribution is -2.41. The van der Waals surface area contributed by atoms with Crippen molar-refractivity contribution in [3.8, 4) is 0 Å². The van der Waals surface area contributed by atoms with E-state index in [1.54, 1.807) is 4.90 Å². The molecule has 1 heterocycles. The van der Waals surface area contributed by atoms with Gasteiger partial charge in [-0.1, -0.05) is 29.8 Å². The van der Waals surface area contributed by atoms with Crippen LogP contribution >= 0.6 is 0 Å². The zero-order valence-corrected chi connectivity index (χ0v) is 14.9. The highest BCUT2D eigenvalue weighted by atomic mass is 19.1. The first-order valence-corrected chi connectivity index (χ1v) is 8.60.